The van der Waals surface area contributed by atoms with Crippen molar-refractivity contribution < 1.29 is 0 Å². The molecule has 1 rings (SSSR count). The molecule has 1 nitrogen and oxygen atoms in total. The monoisotopic (exact) mass is 159 g/mol. The predicted octanol–water partition coefficient (Wildman–Crippen LogP) is 2.91. The highest BCUT2D eigenvalue weighted by Gasteiger charge is 1.94. The molecular formula is C11H13N. The topological polar surface area (TPSA) is 23.9 Å². The van der Waals surface area contributed by atoms with Gasteiger partial charge in [-0.2, -0.15) is 0 Å². The van der Waals surface area contributed by atoms with Crippen LogP contribution in [0.3, 0.4) is 0 Å². The standard InChI is InChI=1S/C11H13N/c1-3-10-4-6-11(7-5-10)9(2)8-12/h4-8,12H,2-3H2,1H3. The fraction of sp³-hybridized carbons (Fsp3) is 0.182. The molecule has 0 spiro atoms. The first-order valence-electron chi connectivity index (χ1n) is 4.06. The van der Waals surface area contributed by atoms with Crippen molar-refractivity contribution in [3.05, 3.63) is 42.0 Å². The summed E-state index contributed by atoms with van der Waals surface area (Å²) in [7, 11) is 0. The number of rotatable bonds is 3. The third-order valence-corrected chi connectivity index (χ3v) is 1.91. The second kappa shape index (κ2) is 3.86. The van der Waals surface area contributed by atoms with E-state index in [-0.39, 0.29) is 0 Å². The summed E-state index contributed by atoms with van der Waals surface area (Å²) in [5.41, 5.74) is 3.11. The van der Waals surface area contributed by atoms with E-state index >= 15 is 0 Å². The number of hydrogen-bond acceptors (Lipinski definition) is 1. The predicted molar refractivity (Wildman–Crippen MR) is 53.6 cm³/mol. The lowest BCUT2D eigenvalue weighted by Gasteiger charge is -2.00. The number of nitrogens with one attached hydrogen (secondary N) is 1. The van der Waals surface area contributed by atoms with Gasteiger partial charge in [0.25, 0.3) is 0 Å². The molecule has 1 aromatic rings. The Morgan fingerprint density at radius 3 is 2.42 bits per heavy atom. The SMILES string of the molecule is C=C(C=N)c1ccc(CC)cc1. The van der Waals surface area contributed by atoms with E-state index in [2.05, 4.69) is 25.6 Å². The summed E-state index contributed by atoms with van der Waals surface area (Å²) in [6.45, 7) is 5.88. The van der Waals surface area contributed by atoms with Gasteiger partial charge in [-0.05, 0) is 23.1 Å². The Morgan fingerprint density at radius 2 is 2.00 bits per heavy atom. The first-order chi connectivity index (χ1) is 5.77. The Hall–Kier alpha value is -1.37. The highest BCUT2D eigenvalue weighted by Crippen LogP contribution is 2.11. The van der Waals surface area contributed by atoms with E-state index in [1.54, 1.807) is 0 Å². The van der Waals surface area contributed by atoms with E-state index < -0.39 is 0 Å². The maximum Gasteiger partial charge on any atom is 0.0250 e. The average molecular weight is 159 g/mol. The summed E-state index contributed by atoms with van der Waals surface area (Å²) in [5, 5.41) is 7.02. The van der Waals surface area contributed by atoms with E-state index in [1.165, 1.54) is 11.8 Å². The molecule has 0 radical (unpaired) electrons. The molecule has 0 heterocycles. The zero-order chi connectivity index (χ0) is 8.97. The molecule has 0 aromatic heterocycles. The van der Waals surface area contributed by atoms with E-state index in [1.807, 2.05) is 12.1 Å². The van der Waals surface area contributed by atoms with Crippen LogP contribution in [0.15, 0.2) is 30.8 Å². The minimum absolute atomic E-state index is 0.762. The first kappa shape index (κ1) is 8.72. The van der Waals surface area contributed by atoms with Crippen molar-refractivity contribution >= 4 is 11.8 Å². The van der Waals surface area contributed by atoms with Crippen LogP contribution in [0.5, 0.6) is 0 Å². The lowest BCUT2D eigenvalue weighted by atomic mass is 10.1. The summed E-state index contributed by atoms with van der Waals surface area (Å²) in [6.07, 6.45) is 2.33. The van der Waals surface area contributed by atoms with E-state index in [0.717, 1.165) is 17.6 Å². The van der Waals surface area contributed by atoms with Gasteiger partial charge in [-0.25, -0.2) is 0 Å². The summed E-state index contributed by atoms with van der Waals surface area (Å²) >= 11 is 0. The molecule has 1 N–H and O–H groups in total. The van der Waals surface area contributed by atoms with Crippen LogP contribution in [-0.4, -0.2) is 6.21 Å². The molecule has 0 aliphatic carbocycles. The average Bonchev–Trinajstić information content (AvgIpc) is 2.17. The van der Waals surface area contributed by atoms with Crippen molar-refractivity contribution in [2.75, 3.05) is 0 Å². The minimum Gasteiger partial charge on any atom is -0.308 e. The Kier molecular flexibility index (Phi) is 2.81. The Bertz CT molecular complexity index is 282. The third-order valence-electron chi connectivity index (χ3n) is 1.91. The fourth-order valence-electron chi connectivity index (χ4n) is 1.04. The van der Waals surface area contributed by atoms with Gasteiger partial charge >= 0.3 is 0 Å². The normalized spacial score (nSPS) is 9.42. The van der Waals surface area contributed by atoms with E-state index in [0.29, 0.717) is 0 Å². The number of allylic oxidation sites excluding steroid dienone is 1. The zero-order valence-corrected chi connectivity index (χ0v) is 7.30. The van der Waals surface area contributed by atoms with Crippen molar-refractivity contribution in [1.82, 2.24) is 0 Å². The number of hydrogen-bond donors (Lipinski definition) is 1. The van der Waals surface area contributed by atoms with Gasteiger partial charge in [0, 0.05) is 6.21 Å². The molecule has 0 unspecified atom stereocenters. The fourth-order valence-corrected chi connectivity index (χ4v) is 1.04. The van der Waals surface area contributed by atoms with Crippen LogP contribution in [0.4, 0.5) is 0 Å². The van der Waals surface area contributed by atoms with Crippen LogP contribution < -0.4 is 0 Å². The maximum atomic E-state index is 7.02. The molecular weight excluding hydrogens is 146 g/mol. The van der Waals surface area contributed by atoms with Gasteiger partial charge in [-0.15, -0.1) is 0 Å². The van der Waals surface area contributed by atoms with Crippen LogP contribution in [0, 0.1) is 5.41 Å². The largest absolute Gasteiger partial charge is 0.308 e. The van der Waals surface area contributed by atoms with Crippen molar-refractivity contribution in [1.29, 1.82) is 5.41 Å². The molecule has 1 heteroatoms. The summed E-state index contributed by atoms with van der Waals surface area (Å²) < 4.78 is 0. The molecule has 0 amide bonds. The third kappa shape index (κ3) is 1.82. The minimum atomic E-state index is 0.762. The van der Waals surface area contributed by atoms with Crippen molar-refractivity contribution in [2.45, 2.75) is 13.3 Å². The second-order valence-electron chi connectivity index (χ2n) is 2.72. The summed E-state index contributed by atoms with van der Waals surface area (Å²) in [4.78, 5) is 0. The highest BCUT2D eigenvalue weighted by molar-refractivity contribution is 6.07. The van der Waals surface area contributed by atoms with Crippen LogP contribution in [0.1, 0.15) is 18.1 Å². The molecule has 0 saturated carbocycles. The molecule has 0 bridgehead atoms. The Labute approximate surface area is 73.3 Å². The molecule has 12 heavy (non-hydrogen) atoms. The van der Waals surface area contributed by atoms with Crippen LogP contribution >= 0.6 is 0 Å². The first-order valence-corrected chi connectivity index (χ1v) is 4.06. The highest BCUT2D eigenvalue weighted by atomic mass is 14.3. The van der Waals surface area contributed by atoms with Crippen molar-refractivity contribution in [3.63, 3.8) is 0 Å². The van der Waals surface area contributed by atoms with Crippen molar-refractivity contribution in [3.8, 4) is 0 Å². The molecule has 0 aliphatic heterocycles. The van der Waals surface area contributed by atoms with Gasteiger partial charge in [0.15, 0.2) is 0 Å². The van der Waals surface area contributed by atoms with Crippen LogP contribution in [0.2, 0.25) is 0 Å². The maximum absolute atomic E-state index is 7.02. The second-order valence-corrected chi connectivity index (χ2v) is 2.72. The molecule has 0 atom stereocenters. The summed E-state index contributed by atoms with van der Waals surface area (Å²) in [5.74, 6) is 0. The lowest BCUT2D eigenvalue weighted by Crippen LogP contribution is -1.84. The Morgan fingerprint density at radius 1 is 1.42 bits per heavy atom. The van der Waals surface area contributed by atoms with Gasteiger partial charge in [-0.1, -0.05) is 37.8 Å². The van der Waals surface area contributed by atoms with Gasteiger partial charge in [0.1, 0.15) is 0 Å². The van der Waals surface area contributed by atoms with E-state index in [9.17, 15) is 0 Å². The number of benzene rings is 1. The van der Waals surface area contributed by atoms with Crippen LogP contribution in [0.25, 0.3) is 5.57 Å². The van der Waals surface area contributed by atoms with Crippen LogP contribution in [-0.2, 0) is 6.42 Å². The Balaban J connectivity index is 2.91. The quantitative estimate of drug-likeness (QED) is 0.656. The van der Waals surface area contributed by atoms with Gasteiger partial charge in [-0.3, -0.25) is 0 Å². The van der Waals surface area contributed by atoms with E-state index in [4.69, 9.17) is 5.41 Å². The summed E-state index contributed by atoms with van der Waals surface area (Å²) in [6, 6.07) is 8.16. The zero-order valence-electron chi connectivity index (χ0n) is 7.30. The smallest absolute Gasteiger partial charge is 0.0250 e. The van der Waals surface area contributed by atoms with Gasteiger partial charge in [0.2, 0.25) is 0 Å². The molecule has 62 valence electrons. The van der Waals surface area contributed by atoms with Gasteiger partial charge in [0.05, 0.1) is 0 Å². The molecule has 1 aromatic carbocycles. The molecule has 0 fully saturated rings. The molecule has 0 aliphatic rings. The molecule has 0 saturated heterocycles. The number of aryl methyl sites for hydroxylation is 1. The van der Waals surface area contributed by atoms with Gasteiger partial charge < -0.3 is 5.41 Å². The van der Waals surface area contributed by atoms with Crippen molar-refractivity contribution in [2.24, 2.45) is 0 Å². The lowest BCUT2D eigenvalue weighted by molar-refractivity contribution is 1.14.